The van der Waals surface area contributed by atoms with E-state index < -0.39 is 11.9 Å². The second-order valence-corrected chi connectivity index (χ2v) is 3.92. The van der Waals surface area contributed by atoms with E-state index in [1.54, 1.807) is 24.3 Å². The molecule has 0 heterocycles. The minimum absolute atomic E-state index is 0.267. The highest BCUT2D eigenvalue weighted by Crippen LogP contribution is 2.18. The number of carbonyl (C=O) groups excluding carboxylic acids is 2. The molecule has 1 rings (SSSR count). The predicted molar refractivity (Wildman–Crippen MR) is 67.6 cm³/mol. The molecule has 0 N–H and O–H groups in total. The maximum Gasteiger partial charge on any atom is 0.349 e. The van der Waals surface area contributed by atoms with Crippen molar-refractivity contribution in [3.05, 3.63) is 29.8 Å². The van der Waals surface area contributed by atoms with Crippen molar-refractivity contribution in [3.8, 4) is 5.75 Å². The van der Waals surface area contributed by atoms with Gasteiger partial charge in [0.1, 0.15) is 11.3 Å². The van der Waals surface area contributed by atoms with Crippen molar-refractivity contribution in [1.29, 1.82) is 0 Å². The maximum absolute atomic E-state index is 11.7. The summed E-state index contributed by atoms with van der Waals surface area (Å²) in [7, 11) is 1.47. The lowest BCUT2D eigenvalue weighted by Crippen LogP contribution is -2.13. The fraction of sp³-hybridized carbons (Fsp3) is 0.429. The number of rotatable bonds is 6. The number of esters is 2. The zero-order valence-corrected chi connectivity index (χ0v) is 10.8. The van der Waals surface area contributed by atoms with Crippen LogP contribution in [0.25, 0.3) is 0 Å². The van der Waals surface area contributed by atoms with Crippen LogP contribution < -0.4 is 4.74 Å². The highest BCUT2D eigenvalue weighted by Gasteiger charge is 2.16. The molecule has 0 aliphatic carbocycles. The third-order valence-electron chi connectivity index (χ3n) is 2.52. The van der Waals surface area contributed by atoms with Gasteiger partial charge in [0.2, 0.25) is 0 Å². The average Bonchev–Trinajstić information content (AvgIpc) is 2.39. The van der Waals surface area contributed by atoms with E-state index in [0.29, 0.717) is 5.75 Å². The van der Waals surface area contributed by atoms with Gasteiger partial charge in [0, 0.05) is 6.42 Å². The number of ether oxygens (including phenoxy) is 2. The SMILES string of the molecule is CCCCCC(=O)OC(=O)c1ccccc1OC. The Hall–Kier alpha value is -1.84. The summed E-state index contributed by atoms with van der Waals surface area (Å²) >= 11 is 0. The zero-order chi connectivity index (χ0) is 13.4. The van der Waals surface area contributed by atoms with Crippen LogP contribution in [0.15, 0.2) is 24.3 Å². The molecule has 98 valence electrons. The van der Waals surface area contributed by atoms with Crippen LogP contribution in [0, 0.1) is 0 Å². The molecule has 0 saturated heterocycles. The highest BCUT2D eigenvalue weighted by atomic mass is 16.6. The third kappa shape index (κ3) is 4.20. The van der Waals surface area contributed by atoms with Crippen molar-refractivity contribution in [2.75, 3.05) is 7.11 Å². The molecule has 0 amide bonds. The first-order valence-electron chi connectivity index (χ1n) is 6.07. The van der Waals surface area contributed by atoms with E-state index in [4.69, 9.17) is 9.47 Å². The van der Waals surface area contributed by atoms with Crippen molar-refractivity contribution >= 4 is 11.9 Å². The summed E-state index contributed by atoms with van der Waals surface area (Å²) in [6, 6.07) is 6.66. The summed E-state index contributed by atoms with van der Waals surface area (Å²) in [6.07, 6.45) is 2.99. The molecule has 0 saturated carbocycles. The van der Waals surface area contributed by atoms with Gasteiger partial charge in [-0.2, -0.15) is 0 Å². The molecule has 0 aliphatic rings. The Bertz CT molecular complexity index is 412. The lowest BCUT2D eigenvalue weighted by Gasteiger charge is -2.07. The van der Waals surface area contributed by atoms with Gasteiger partial charge in [-0.05, 0) is 18.6 Å². The van der Waals surface area contributed by atoms with Crippen LogP contribution >= 0.6 is 0 Å². The van der Waals surface area contributed by atoms with E-state index in [-0.39, 0.29) is 12.0 Å². The standard InChI is InChI=1S/C14H18O4/c1-3-4-5-10-13(15)18-14(16)11-8-6-7-9-12(11)17-2/h6-9H,3-5,10H2,1-2H3. The molecule has 1 aromatic rings. The van der Waals surface area contributed by atoms with E-state index in [2.05, 4.69) is 0 Å². The summed E-state index contributed by atoms with van der Waals surface area (Å²) in [5.41, 5.74) is 0.267. The highest BCUT2D eigenvalue weighted by molar-refractivity contribution is 5.98. The number of unbranched alkanes of at least 4 members (excludes halogenated alkanes) is 2. The van der Waals surface area contributed by atoms with E-state index in [9.17, 15) is 9.59 Å². The van der Waals surface area contributed by atoms with Gasteiger partial charge in [-0.25, -0.2) is 4.79 Å². The van der Waals surface area contributed by atoms with Crippen molar-refractivity contribution in [2.45, 2.75) is 32.6 Å². The quantitative estimate of drug-likeness (QED) is 0.442. The minimum Gasteiger partial charge on any atom is -0.496 e. The summed E-state index contributed by atoms with van der Waals surface area (Å²) in [5, 5.41) is 0. The van der Waals surface area contributed by atoms with Gasteiger partial charge >= 0.3 is 11.9 Å². The summed E-state index contributed by atoms with van der Waals surface area (Å²) < 4.78 is 9.80. The second-order valence-electron chi connectivity index (χ2n) is 3.92. The molecule has 18 heavy (non-hydrogen) atoms. The second kappa shape index (κ2) is 7.48. The normalized spacial score (nSPS) is 9.89. The van der Waals surface area contributed by atoms with E-state index in [1.807, 2.05) is 6.92 Å². The predicted octanol–water partition coefficient (Wildman–Crippen LogP) is 2.96. The number of methoxy groups -OCH3 is 1. The Balaban J connectivity index is 2.57. The number of benzene rings is 1. The molecule has 1 aromatic carbocycles. The topological polar surface area (TPSA) is 52.6 Å². The van der Waals surface area contributed by atoms with Crippen LogP contribution in [0.5, 0.6) is 5.75 Å². The van der Waals surface area contributed by atoms with Crippen molar-refractivity contribution in [1.82, 2.24) is 0 Å². The van der Waals surface area contributed by atoms with Crippen molar-refractivity contribution in [2.24, 2.45) is 0 Å². The van der Waals surface area contributed by atoms with Gasteiger partial charge in [0.25, 0.3) is 0 Å². The first-order valence-corrected chi connectivity index (χ1v) is 6.07. The number of carbonyl (C=O) groups is 2. The van der Waals surface area contributed by atoms with Gasteiger partial charge in [-0.3, -0.25) is 4.79 Å². The summed E-state index contributed by atoms with van der Waals surface area (Å²) in [4.78, 5) is 23.2. The monoisotopic (exact) mass is 250 g/mol. The van der Waals surface area contributed by atoms with E-state index in [1.165, 1.54) is 7.11 Å². The Labute approximate surface area is 107 Å². The van der Waals surface area contributed by atoms with Crippen molar-refractivity contribution in [3.63, 3.8) is 0 Å². The molecule has 4 nitrogen and oxygen atoms in total. The van der Waals surface area contributed by atoms with Crippen LogP contribution in [0.2, 0.25) is 0 Å². The number of hydrogen-bond acceptors (Lipinski definition) is 4. The molecule has 4 heteroatoms. The first kappa shape index (κ1) is 14.2. The molecule has 0 atom stereocenters. The van der Waals surface area contributed by atoms with Gasteiger partial charge in [-0.1, -0.05) is 31.9 Å². The van der Waals surface area contributed by atoms with E-state index >= 15 is 0 Å². The fourth-order valence-corrected chi connectivity index (χ4v) is 1.54. The molecule has 0 radical (unpaired) electrons. The van der Waals surface area contributed by atoms with Crippen LogP contribution in [-0.2, 0) is 9.53 Å². The van der Waals surface area contributed by atoms with Gasteiger partial charge in [0.05, 0.1) is 7.11 Å². The number of hydrogen-bond donors (Lipinski definition) is 0. The molecule has 0 bridgehead atoms. The third-order valence-corrected chi connectivity index (χ3v) is 2.52. The molecule has 0 aromatic heterocycles. The molecular formula is C14H18O4. The fourth-order valence-electron chi connectivity index (χ4n) is 1.54. The zero-order valence-electron chi connectivity index (χ0n) is 10.8. The largest absolute Gasteiger partial charge is 0.496 e. The average molecular weight is 250 g/mol. The van der Waals surface area contributed by atoms with Gasteiger partial charge in [-0.15, -0.1) is 0 Å². The van der Waals surface area contributed by atoms with Gasteiger partial charge in [0.15, 0.2) is 0 Å². The van der Waals surface area contributed by atoms with Gasteiger partial charge < -0.3 is 9.47 Å². The first-order chi connectivity index (χ1) is 8.69. The van der Waals surface area contributed by atoms with Crippen LogP contribution in [0.3, 0.4) is 0 Å². The summed E-state index contributed by atoms with van der Waals surface area (Å²) in [5.74, 6) is -0.739. The Morgan fingerprint density at radius 2 is 1.89 bits per heavy atom. The van der Waals surface area contributed by atoms with E-state index in [0.717, 1.165) is 19.3 Å². The van der Waals surface area contributed by atoms with Crippen molar-refractivity contribution < 1.29 is 19.1 Å². The molecule has 0 spiro atoms. The number of para-hydroxylation sites is 1. The summed E-state index contributed by atoms with van der Waals surface area (Å²) in [6.45, 7) is 2.05. The lowest BCUT2D eigenvalue weighted by molar-refractivity contribution is -0.138. The maximum atomic E-state index is 11.7. The molecule has 0 fully saturated rings. The molecule has 0 aliphatic heterocycles. The Kier molecular flexibility index (Phi) is 5.91. The smallest absolute Gasteiger partial charge is 0.349 e. The molecular weight excluding hydrogens is 232 g/mol. The van der Waals surface area contributed by atoms with Crippen LogP contribution in [0.4, 0.5) is 0 Å². The minimum atomic E-state index is -0.658. The molecule has 0 unspecified atom stereocenters. The van der Waals surface area contributed by atoms with Crippen LogP contribution in [-0.4, -0.2) is 19.0 Å². The lowest BCUT2D eigenvalue weighted by atomic mass is 10.2. The Morgan fingerprint density at radius 3 is 2.56 bits per heavy atom. The van der Waals surface area contributed by atoms with Crippen LogP contribution in [0.1, 0.15) is 43.0 Å². The Morgan fingerprint density at radius 1 is 1.17 bits per heavy atom.